The third-order valence-corrected chi connectivity index (χ3v) is 1.88. The van der Waals surface area contributed by atoms with Crippen molar-refractivity contribution in [1.82, 2.24) is 0 Å². The third kappa shape index (κ3) is 1.11. The van der Waals surface area contributed by atoms with Crippen molar-refractivity contribution in [2.75, 3.05) is 0 Å². The van der Waals surface area contributed by atoms with Gasteiger partial charge < -0.3 is 5.41 Å². The van der Waals surface area contributed by atoms with E-state index in [1.54, 1.807) is 0 Å². The molecule has 10 heavy (non-hydrogen) atoms. The van der Waals surface area contributed by atoms with E-state index in [-0.39, 0.29) is 4.88 Å². The molecule has 52 valence electrons. The van der Waals surface area contributed by atoms with Crippen molar-refractivity contribution in [3.63, 3.8) is 0 Å². The fraction of sp³-hybridized carbons (Fsp3) is 0. The van der Waals surface area contributed by atoms with E-state index in [9.17, 15) is 9.18 Å². The van der Waals surface area contributed by atoms with Gasteiger partial charge in [-0.3, -0.25) is 4.79 Å². The normalized spacial score (nSPS) is 9.30. The van der Waals surface area contributed by atoms with Crippen LogP contribution in [0.2, 0.25) is 0 Å². The minimum Gasteiger partial charge on any atom is -0.305 e. The second-order valence-electron chi connectivity index (χ2n) is 1.61. The van der Waals surface area contributed by atoms with Gasteiger partial charge in [0.15, 0.2) is 0 Å². The number of halogens is 1. The summed E-state index contributed by atoms with van der Waals surface area (Å²) in [6.45, 7) is 0. The van der Waals surface area contributed by atoms with Crippen LogP contribution in [0.1, 0.15) is 9.67 Å². The van der Waals surface area contributed by atoms with Gasteiger partial charge in [-0.05, 0) is 11.4 Å². The summed E-state index contributed by atoms with van der Waals surface area (Å²) in [7, 11) is 0. The molecule has 1 N–H and O–H groups in total. The van der Waals surface area contributed by atoms with Crippen LogP contribution in [0.25, 0.3) is 0 Å². The molecule has 1 rings (SSSR count). The lowest BCUT2D eigenvalue weighted by atomic mass is 10.3. The van der Waals surface area contributed by atoms with Crippen molar-refractivity contribution in [2.45, 2.75) is 0 Å². The molecule has 2 nitrogen and oxygen atoms in total. The molecule has 1 aromatic heterocycles. The Hall–Kier alpha value is -1.03. The van der Waals surface area contributed by atoms with E-state index in [0.29, 0.717) is 6.21 Å². The van der Waals surface area contributed by atoms with Gasteiger partial charge in [0, 0.05) is 0 Å². The Morgan fingerprint density at radius 1 is 1.80 bits per heavy atom. The number of hydrogen-bond donors (Lipinski definition) is 1. The lowest BCUT2D eigenvalue weighted by Gasteiger charge is -1.84. The summed E-state index contributed by atoms with van der Waals surface area (Å²) in [6, 6.07) is 1.21. The largest absolute Gasteiger partial charge is 0.305 e. The number of rotatable bonds is 2. The number of carbonyl (C=O) groups is 1. The number of thiophene rings is 1. The summed E-state index contributed by atoms with van der Waals surface area (Å²) in [5.41, 5.74) is 0. The lowest BCUT2D eigenvalue weighted by molar-refractivity contribution is 0.107. The molecule has 1 aromatic rings. The predicted molar refractivity (Wildman–Crippen MR) is 37.4 cm³/mol. The summed E-state index contributed by atoms with van der Waals surface area (Å²) in [4.78, 5) is 10.6. The average molecular weight is 157 g/mol. The first kappa shape index (κ1) is 7.08. The Balaban J connectivity index is 3.04. The van der Waals surface area contributed by atoms with Crippen LogP contribution in [0.15, 0.2) is 11.4 Å². The van der Waals surface area contributed by atoms with Crippen LogP contribution in [0.5, 0.6) is 0 Å². The minimum atomic E-state index is -0.576. The van der Waals surface area contributed by atoms with Gasteiger partial charge >= 0.3 is 0 Å². The Kier molecular flexibility index (Phi) is 1.91. The molecule has 0 spiro atoms. The minimum absolute atomic E-state index is 0.00926. The topological polar surface area (TPSA) is 40.9 Å². The molecule has 4 heteroatoms. The molecule has 0 bridgehead atoms. The highest BCUT2D eigenvalue weighted by molar-refractivity contribution is 7.12. The van der Waals surface area contributed by atoms with Crippen molar-refractivity contribution in [2.24, 2.45) is 0 Å². The Bertz CT molecular complexity index is 268. The highest BCUT2D eigenvalue weighted by atomic mass is 32.1. The van der Waals surface area contributed by atoms with Gasteiger partial charge in [-0.15, -0.1) is 11.3 Å². The second-order valence-corrected chi connectivity index (χ2v) is 2.52. The van der Waals surface area contributed by atoms with Crippen molar-refractivity contribution < 1.29 is 9.18 Å². The van der Waals surface area contributed by atoms with Gasteiger partial charge in [0.05, 0.1) is 6.21 Å². The number of Topliss-reactive ketones (excluding diaryl/α,β-unsaturated/α-hetero) is 1. The van der Waals surface area contributed by atoms with Crippen molar-refractivity contribution in [3.05, 3.63) is 22.1 Å². The van der Waals surface area contributed by atoms with Gasteiger partial charge in [0.25, 0.3) is 0 Å². The van der Waals surface area contributed by atoms with E-state index in [2.05, 4.69) is 0 Å². The fourth-order valence-electron chi connectivity index (χ4n) is 0.535. The summed E-state index contributed by atoms with van der Waals surface area (Å²) in [6.07, 6.45) is 0.606. The van der Waals surface area contributed by atoms with Crippen LogP contribution in [0.4, 0.5) is 4.39 Å². The van der Waals surface area contributed by atoms with E-state index in [1.807, 2.05) is 0 Å². The number of hydrogen-bond acceptors (Lipinski definition) is 3. The lowest BCUT2D eigenvalue weighted by Crippen LogP contribution is -1.97. The van der Waals surface area contributed by atoms with E-state index in [1.165, 1.54) is 11.4 Å². The molecule has 0 atom stereocenters. The number of carbonyl (C=O) groups excluding carboxylic acids is 1. The fourth-order valence-corrected chi connectivity index (χ4v) is 1.21. The number of ketones is 1. The molecule has 0 amide bonds. The van der Waals surface area contributed by atoms with Gasteiger partial charge in [0.2, 0.25) is 5.78 Å². The Labute approximate surface area is 60.8 Å². The molecule has 0 aromatic carbocycles. The number of nitrogens with one attached hydrogen (secondary N) is 1. The van der Waals surface area contributed by atoms with Crippen LogP contribution in [-0.4, -0.2) is 12.0 Å². The van der Waals surface area contributed by atoms with Crippen LogP contribution in [-0.2, 0) is 0 Å². The Morgan fingerprint density at radius 2 is 2.50 bits per heavy atom. The third-order valence-electron chi connectivity index (χ3n) is 0.972. The van der Waals surface area contributed by atoms with Gasteiger partial charge in [0.1, 0.15) is 10.7 Å². The molecule has 0 aliphatic carbocycles. The van der Waals surface area contributed by atoms with E-state index in [4.69, 9.17) is 5.41 Å². The second kappa shape index (κ2) is 2.70. The molecule has 0 unspecified atom stereocenters. The molecule has 0 saturated heterocycles. The van der Waals surface area contributed by atoms with Gasteiger partial charge in [-0.25, -0.2) is 4.39 Å². The first-order valence-corrected chi connectivity index (χ1v) is 3.41. The highest BCUT2D eigenvalue weighted by Crippen LogP contribution is 2.13. The molecular weight excluding hydrogens is 153 g/mol. The summed E-state index contributed by atoms with van der Waals surface area (Å²) < 4.78 is 12.5. The quantitative estimate of drug-likeness (QED) is 0.515. The zero-order valence-corrected chi connectivity index (χ0v) is 5.74. The van der Waals surface area contributed by atoms with Crippen LogP contribution in [0.3, 0.4) is 0 Å². The molecule has 0 radical (unpaired) electrons. The first-order chi connectivity index (χ1) is 4.75. The van der Waals surface area contributed by atoms with Gasteiger partial charge in [-0.2, -0.15) is 0 Å². The van der Waals surface area contributed by atoms with Crippen LogP contribution >= 0.6 is 11.3 Å². The zero-order chi connectivity index (χ0) is 7.56. The first-order valence-electron chi connectivity index (χ1n) is 2.53. The predicted octanol–water partition coefficient (Wildman–Crippen LogP) is 1.72. The maximum absolute atomic E-state index is 12.5. The van der Waals surface area contributed by atoms with E-state index < -0.39 is 11.6 Å². The monoisotopic (exact) mass is 157 g/mol. The standard InChI is InChI=1S/C6H4FNOS/c7-4-1-2-10-6(4)5(9)3-8/h1-3,8H. The van der Waals surface area contributed by atoms with Gasteiger partial charge in [-0.1, -0.05) is 0 Å². The van der Waals surface area contributed by atoms with E-state index in [0.717, 1.165) is 11.3 Å². The zero-order valence-electron chi connectivity index (χ0n) is 4.93. The van der Waals surface area contributed by atoms with Crippen molar-refractivity contribution in [1.29, 1.82) is 5.41 Å². The van der Waals surface area contributed by atoms with Crippen LogP contribution in [0, 0.1) is 11.2 Å². The van der Waals surface area contributed by atoms with Crippen molar-refractivity contribution in [3.8, 4) is 0 Å². The molecule has 0 aliphatic rings. The molecule has 0 aliphatic heterocycles. The SMILES string of the molecule is N=CC(=O)c1sccc1F. The molecular formula is C6H4FNOS. The Morgan fingerprint density at radius 3 is 2.90 bits per heavy atom. The van der Waals surface area contributed by atoms with Crippen molar-refractivity contribution >= 4 is 23.3 Å². The highest BCUT2D eigenvalue weighted by Gasteiger charge is 2.09. The van der Waals surface area contributed by atoms with Crippen LogP contribution < -0.4 is 0 Å². The maximum Gasteiger partial charge on any atom is 0.216 e. The summed E-state index contributed by atoms with van der Waals surface area (Å²) in [5.74, 6) is -1.12. The molecule has 1 heterocycles. The average Bonchev–Trinajstić information content (AvgIpc) is 2.34. The molecule has 0 fully saturated rings. The maximum atomic E-state index is 12.5. The smallest absolute Gasteiger partial charge is 0.216 e. The molecule has 0 saturated carbocycles. The van der Waals surface area contributed by atoms with E-state index >= 15 is 0 Å². The summed E-state index contributed by atoms with van der Waals surface area (Å²) in [5, 5.41) is 8.03. The summed E-state index contributed by atoms with van der Waals surface area (Å²) >= 11 is 1.01.